The van der Waals surface area contributed by atoms with E-state index in [0.29, 0.717) is 23.3 Å². The summed E-state index contributed by atoms with van der Waals surface area (Å²) in [5, 5.41) is 26.4. The predicted octanol–water partition coefficient (Wildman–Crippen LogP) is 3.14. The summed E-state index contributed by atoms with van der Waals surface area (Å²) in [4.78, 5) is 0. The van der Waals surface area contributed by atoms with Crippen LogP contribution in [-0.4, -0.2) is 10.2 Å². The van der Waals surface area contributed by atoms with Gasteiger partial charge in [0.25, 0.3) is 5.88 Å². The quantitative estimate of drug-likeness (QED) is 0.858. The molecule has 1 aromatic carbocycles. The van der Waals surface area contributed by atoms with Crippen LogP contribution < -0.4 is 4.74 Å². The van der Waals surface area contributed by atoms with Crippen molar-refractivity contribution in [2.75, 3.05) is 0 Å². The van der Waals surface area contributed by atoms with E-state index in [2.05, 4.69) is 16.3 Å². The first kappa shape index (κ1) is 14.5. The molecule has 104 valence electrons. The van der Waals surface area contributed by atoms with Crippen LogP contribution in [0.15, 0.2) is 24.3 Å². The van der Waals surface area contributed by atoms with Gasteiger partial charge in [-0.3, -0.25) is 0 Å². The maximum atomic E-state index is 9.38. The van der Waals surface area contributed by atoms with Crippen molar-refractivity contribution in [1.29, 1.82) is 10.5 Å². The third-order valence-corrected chi connectivity index (χ3v) is 3.10. The molecule has 0 aliphatic rings. The molecule has 0 saturated carbocycles. The first-order valence-electron chi connectivity index (χ1n) is 6.70. The Morgan fingerprint density at radius 3 is 2.52 bits per heavy atom. The van der Waals surface area contributed by atoms with Crippen LogP contribution in [0.2, 0.25) is 0 Å². The molecule has 5 nitrogen and oxygen atoms in total. The van der Waals surface area contributed by atoms with Crippen molar-refractivity contribution in [3.05, 3.63) is 46.6 Å². The fourth-order valence-corrected chi connectivity index (χ4v) is 2.08. The molecule has 0 aliphatic heterocycles. The molecule has 0 unspecified atom stereocenters. The van der Waals surface area contributed by atoms with E-state index in [1.807, 2.05) is 19.9 Å². The van der Waals surface area contributed by atoms with E-state index >= 15 is 0 Å². The number of hydrogen-bond donors (Lipinski definition) is 0. The normalized spacial score (nSPS) is 9.71. The summed E-state index contributed by atoms with van der Waals surface area (Å²) in [6, 6.07) is 10.9. The van der Waals surface area contributed by atoms with Crippen LogP contribution in [0, 0.1) is 22.7 Å². The van der Waals surface area contributed by atoms with Gasteiger partial charge in [-0.25, -0.2) is 0 Å². The molecule has 1 aromatic heterocycles. The van der Waals surface area contributed by atoms with Crippen molar-refractivity contribution in [2.45, 2.75) is 26.7 Å². The van der Waals surface area contributed by atoms with Gasteiger partial charge in [0.05, 0.1) is 17.3 Å². The summed E-state index contributed by atoms with van der Waals surface area (Å²) in [5.74, 6) is 0.646. The van der Waals surface area contributed by atoms with Crippen LogP contribution in [0.25, 0.3) is 0 Å². The minimum absolute atomic E-state index is 0.182. The van der Waals surface area contributed by atoms with Crippen LogP contribution in [0.4, 0.5) is 0 Å². The van der Waals surface area contributed by atoms with Gasteiger partial charge < -0.3 is 4.74 Å². The van der Waals surface area contributed by atoms with Gasteiger partial charge in [0.1, 0.15) is 17.4 Å². The molecule has 21 heavy (non-hydrogen) atoms. The number of nitrogens with zero attached hydrogens (tertiary/aromatic N) is 4. The van der Waals surface area contributed by atoms with Crippen molar-refractivity contribution in [3.63, 3.8) is 0 Å². The number of aryl methyl sites for hydroxylation is 1. The van der Waals surface area contributed by atoms with Gasteiger partial charge in [-0.15, -0.1) is 5.10 Å². The Bertz CT molecular complexity index is 741. The number of hydrogen-bond acceptors (Lipinski definition) is 5. The Kier molecular flexibility index (Phi) is 4.48. The second-order valence-corrected chi connectivity index (χ2v) is 4.37. The molecule has 0 fully saturated rings. The Morgan fingerprint density at radius 1 is 1.10 bits per heavy atom. The molecule has 0 saturated heterocycles. The average molecular weight is 278 g/mol. The molecule has 5 heteroatoms. The first-order chi connectivity index (χ1) is 10.2. The standard InChI is InChI=1S/C16H14N4O/c1-3-13-14(10-18)16(20-19-15(13)4-2)21-12-7-5-6-11(8-12)9-17/h5-8H,3-4H2,1-2H3. The van der Waals surface area contributed by atoms with Crippen molar-refractivity contribution in [3.8, 4) is 23.8 Å². The Morgan fingerprint density at radius 2 is 1.90 bits per heavy atom. The van der Waals surface area contributed by atoms with Gasteiger partial charge in [-0.05, 0) is 36.6 Å². The lowest BCUT2D eigenvalue weighted by Crippen LogP contribution is -2.05. The molecule has 0 radical (unpaired) electrons. The van der Waals surface area contributed by atoms with Crippen LogP contribution in [-0.2, 0) is 12.8 Å². The second kappa shape index (κ2) is 6.49. The smallest absolute Gasteiger partial charge is 0.257 e. The molecule has 0 bridgehead atoms. The van der Waals surface area contributed by atoms with E-state index in [-0.39, 0.29) is 5.88 Å². The van der Waals surface area contributed by atoms with Gasteiger partial charge in [-0.1, -0.05) is 19.9 Å². The monoisotopic (exact) mass is 278 g/mol. The first-order valence-corrected chi connectivity index (χ1v) is 6.70. The number of nitriles is 2. The minimum atomic E-state index is 0.182. The molecular weight excluding hydrogens is 264 g/mol. The topological polar surface area (TPSA) is 82.6 Å². The second-order valence-electron chi connectivity index (χ2n) is 4.37. The van der Waals surface area contributed by atoms with E-state index in [4.69, 9.17) is 10.00 Å². The van der Waals surface area contributed by atoms with Crippen LogP contribution >= 0.6 is 0 Å². The van der Waals surface area contributed by atoms with Gasteiger partial charge >= 0.3 is 0 Å². The number of rotatable bonds is 4. The fourth-order valence-electron chi connectivity index (χ4n) is 2.08. The highest BCUT2D eigenvalue weighted by Crippen LogP contribution is 2.26. The van der Waals surface area contributed by atoms with Crippen molar-refractivity contribution in [1.82, 2.24) is 10.2 Å². The molecule has 0 N–H and O–H groups in total. The SMILES string of the molecule is CCc1nnc(Oc2cccc(C#N)c2)c(C#N)c1CC. The van der Waals surface area contributed by atoms with E-state index in [1.54, 1.807) is 24.3 Å². The van der Waals surface area contributed by atoms with Gasteiger partial charge in [0, 0.05) is 0 Å². The number of ether oxygens (including phenoxy) is 1. The minimum Gasteiger partial charge on any atom is -0.437 e. The molecule has 1 heterocycles. The maximum absolute atomic E-state index is 9.38. The number of aromatic nitrogens is 2. The van der Waals surface area contributed by atoms with Crippen LogP contribution in [0.1, 0.15) is 36.2 Å². The fraction of sp³-hybridized carbons (Fsp3) is 0.250. The molecular formula is C16H14N4O. The van der Waals surface area contributed by atoms with Gasteiger partial charge in [0.2, 0.25) is 0 Å². The summed E-state index contributed by atoms with van der Waals surface area (Å²) >= 11 is 0. The zero-order chi connectivity index (χ0) is 15.2. The summed E-state index contributed by atoms with van der Waals surface area (Å²) < 4.78 is 5.64. The largest absolute Gasteiger partial charge is 0.437 e. The van der Waals surface area contributed by atoms with Crippen LogP contribution in [0.3, 0.4) is 0 Å². The van der Waals surface area contributed by atoms with Crippen LogP contribution in [0.5, 0.6) is 11.6 Å². The zero-order valence-corrected chi connectivity index (χ0v) is 11.9. The molecule has 0 atom stereocenters. The molecule has 2 rings (SSSR count). The molecule has 0 spiro atoms. The van der Waals surface area contributed by atoms with E-state index in [1.165, 1.54) is 0 Å². The number of benzene rings is 1. The Labute approximate surface area is 123 Å². The molecule has 0 amide bonds. The summed E-state index contributed by atoms with van der Waals surface area (Å²) in [6.07, 6.45) is 1.41. The highest BCUT2D eigenvalue weighted by atomic mass is 16.5. The van der Waals surface area contributed by atoms with E-state index in [0.717, 1.165) is 17.7 Å². The Balaban J connectivity index is 2.45. The van der Waals surface area contributed by atoms with E-state index < -0.39 is 0 Å². The lowest BCUT2D eigenvalue weighted by atomic mass is 10.0. The summed E-state index contributed by atoms with van der Waals surface area (Å²) in [5.41, 5.74) is 2.57. The lowest BCUT2D eigenvalue weighted by molar-refractivity contribution is 0.450. The third-order valence-electron chi connectivity index (χ3n) is 3.10. The van der Waals surface area contributed by atoms with Crippen molar-refractivity contribution >= 4 is 0 Å². The third kappa shape index (κ3) is 2.98. The molecule has 0 aliphatic carbocycles. The predicted molar refractivity (Wildman–Crippen MR) is 76.7 cm³/mol. The van der Waals surface area contributed by atoms with Gasteiger partial charge in [0.15, 0.2) is 0 Å². The lowest BCUT2D eigenvalue weighted by Gasteiger charge is -2.11. The van der Waals surface area contributed by atoms with E-state index in [9.17, 15) is 5.26 Å². The highest BCUT2D eigenvalue weighted by molar-refractivity contribution is 5.48. The average Bonchev–Trinajstić information content (AvgIpc) is 2.54. The Hall–Kier alpha value is -2.92. The summed E-state index contributed by atoms with van der Waals surface area (Å²) in [7, 11) is 0. The maximum Gasteiger partial charge on any atom is 0.257 e. The van der Waals surface area contributed by atoms with Crippen molar-refractivity contribution < 1.29 is 4.74 Å². The summed E-state index contributed by atoms with van der Waals surface area (Å²) in [6.45, 7) is 3.94. The molecule has 2 aromatic rings. The van der Waals surface area contributed by atoms with Crippen molar-refractivity contribution in [2.24, 2.45) is 0 Å². The zero-order valence-electron chi connectivity index (χ0n) is 11.9. The highest BCUT2D eigenvalue weighted by Gasteiger charge is 2.16. The van der Waals surface area contributed by atoms with Gasteiger partial charge in [-0.2, -0.15) is 15.6 Å².